The molecule has 0 aliphatic heterocycles. The lowest BCUT2D eigenvalue weighted by Crippen LogP contribution is -2.54. The predicted molar refractivity (Wildman–Crippen MR) is 117 cm³/mol. The molecule has 6 N–H and O–H groups in total. The van der Waals surface area contributed by atoms with E-state index in [-0.39, 0.29) is 18.1 Å². The van der Waals surface area contributed by atoms with Gasteiger partial charge in [-0.1, -0.05) is 55.7 Å². The highest BCUT2D eigenvalue weighted by Crippen LogP contribution is 2.39. The van der Waals surface area contributed by atoms with Gasteiger partial charge in [0.2, 0.25) is 11.8 Å². The van der Waals surface area contributed by atoms with Gasteiger partial charge in [-0.2, -0.15) is 0 Å². The van der Waals surface area contributed by atoms with Gasteiger partial charge in [-0.3, -0.25) is 9.59 Å². The normalized spacial score (nSPS) is 16.2. The van der Waals surface area contributed by atoms with E-state index >= 15 is 0 Å². The van der Waals surface area contributed by atoms with E-state index in [0.29, 0.717) is 32.2 Å². The number of hydrogen-bond donors (Lipinski definition) is 5. The van der Waals surface area contributed by atoms with Crippen LogP contribution >= 0.6 is 0 Å². The number of nitrogens with one attached hydrogen (secondary N) is 2. The molecule has 3 rings (SSSR count). The molecule has 0 saturated heterocycles. The second kappa shape index (κ2) is 10.1. The number of carbonyl (C=O) groups excluding carboxylic acids is 2. The van der Waals surface area contributed by atoms with Crippen LogP contribution in [-0.2, 0) is 16.1 Å². The van der Waals surface area contributed by atoms with Crippen molar-refractivity contribution in [1.82, 2.24) is 10.6 Å². The fourth-order valence-corrected chi connectivity index (χ4v) is 4.14. The maximum absolute atomic E-state index is 13.1. The number of amides is 2. The zero-order valence-corrected chi connectivity index (χ0v) is 17.1. The maximum Gasteiger partial charge on any atom is 0.451 e. The third-order valence-corrected chi connectivity index (χ3v) is 5.89. The molecule has 30 heavy (non-hydrogen) atoms. The minimum absolute atomic E-state index is 0.195. The largest absolute Gasteiger partial charge is 0.451 e. The van der Waals surface area contributed by atoms with Crippen LogP contribution in [0.2, 0.25) is 6.32 Å². The van der Waals surface area contributed by atoms with Gasteiger partial charge >= 0.3 is 7.12 Å². The SMILES string of the molecule is NC(CCCB(O)O)NC(=O)C1(C(=O)NCc2ccc3ccccc3c2)CCCC1. The van der Waals surface area contributed by atoms with Gasteiger partial charge in [-0.15, -0.1) is 0 Å². The van der Waals surface area contributed by atoms with Crippen molar-refractivity contribution in [3.63, 3.8) is 0 Å². The van der Waals surface area contributed by atoms with Gasteiger partial charge in [0.15, 0.2) is 0 Å². The lowest BCUT2D eigenvalue weighted by molar-refractivity contribution is -0.143. The second-order valence-corrected chi connectivity index (χ2v) is 8.14. The molecule has 0 aromatic heterocycles. The number of carbonyl (C=O) groups is 2. The number of fused-ring (bicyclic) bond motifs is 1. The highest BCUT2D eigenvalue weighted by molar-refractivity contribution is 6.40. The van der Waals surface area contributed by atoms with E-state index in [1.54, 1.807) is 0 Å². The molecule has 1 fully saturated rings. The molecule has 160 valence electrons. The molecule has 0 radical (unpaired) electrons. The smallest absolute Gasteiger partial charge is 0.427 e. The van der Waals surface area contributed by atoms with Gasteiger partial charge in [-0.25, -0.2) is 0 Å². The molecule has 8 heteroatoms. The van der Waals surface area contributed by atoms with Crippen molar-refractivity contribution in [2.24, 2.45) is 11.1 Å². The summed E-state index contributed by atoms with van der Waals surface area (Å²) >= 11 is 0. The molecule has 1 atom stereocenters. The molecular formula is C22H30BN3O4. The molecule has 7 nitrogen and oxygen atoms in total. The summed E-state index contributed by atoms with van der Waals surface area (Å²) in [7, 11) is -1.38. The number of hydrogen-bond acceptors (Lipinski definition) is 5. The van der Waals surface area contributed by atoms with Crippen molar-refractivity contribution in [2.45, 2.75) is 57.6 Å². The molecule has 0 spiro atoms. The monoisotopic (exact) mass is 411 g/mol. The Kier molecular flexibility index (Phi) is 7.47. The van der Waals surface area contributed by atoms with Gasteiger partial charge in [0.25, 0.3) is 0 Å². The van der Waals surface area contributed by atoms with E-state index in [0.717, 1.165) is 29.2 Å². The Hall–Kier alpha value is -2.42. The van der Waals surface area contributed by atoms with E-state index in [2.05, 4.69) is 10.6 Å². The lowest BCUT2D eigenvalue weighted by Gasteiger charge is -2.28. The van der Waals surface area contributed by atoms with Gasteiger partial charge in [0.05, 0.1) is 6.17 Å². The van der Waals surface area contributed by atoms with E-state index in [1.165, 1.54) is 0 Å². The Morgan fingerprint density at radius 1 is 1.07 bits per heavy atom. The van der Waals surface area contributed by atoms with Crippen molar-refractivity contribution in [2.75, 3.05) is 0 Å². The quantitative estimate of drug-likeness (QED) is 0.244. The first-order valence-electron chi connectivity index (χ1n) is 10.6. The Morgan fingerprint density at radius 3 is 2.47 bits per heavy atom. The fourth-order valence-electron chi connectivity index (χ4n) is 4.14. The van der Waals surface area contributed by atoms with Crippen molar-refractivity contribution < 1.29 is 19.6 Å². The minimum Gasteiger partial charge on any atom is -0.427 e. The summed E-state index contributed by atoms with van der Waals surface area (Å²) in [5.41, 5.74) is 5.87. The first-order valence-corrected chi connectivity index (χ1v) is 10.6. The summed E-state index contributed by atoms with van der Waals surface area (Å²) in [6, 6.07) is 14.1. The molecule has 2 aromatic carbocycles. The van der Waals surface area contributed by atoms with Crippen LogP contribution in [0.25, 0.3) is 10.8 Å². The zero-order chi connectivity index (χ0) is 21.6. The van der Waals surface area contributed by atoms with E-state index in [4.69, 9.17) is 15.8 Å². The standard InChI is InChI=1S/C22H30BN3O4/c24-19(8-5-13-23(29)30)26-21(28)22(11-3-4-12-22)20(27)25-15-16-9-10-17-6-1-2-7-18(17)14-16/h1-2,6-7,9-10,14,19,29-30H,3-5,8,11-13,15,24H2,(H,25,27)(H,26,28). The lowest BCUT2D eigenvalue weighted by atomic mass is 9.82. The van der Waals surface area contributed by atoms with Crippen LogP contribution in [0, 0.1) is 5.41 Å². The molecule has 0 bridgehead atoms. The first kappa shape index (κ1) is 22.3. The minimum atomic E-state index is -1.38. The Balaban J connectivity index is 1.60. The van der Waals surface area contributed by atoms with Crippen LogP contribution in [0.3, 0.4) is 0 Å². The topological polar surface area (TPSA) is 125 Å². The van der Waals surface area contributed by atoms with Gasteiger partial charge < -0.3 is 26.4 Å². The Labute approximate surface area is 177 Å². The summed E-state index contributed by atoms with van der Waals surface area (Å²) in [5, 5.41) is 25.8. The van der Waals surface area contributed by atoms with Crippen LogP contribution in [0.1, 0.15) is 44.1 Å². The van der Waals surface area contributed by atoms with E-state index in [9.17, 15) is 9.59 Å². The summed E-state index contributed by atoms with van der Waals surface area (Å²) in [6.07, 6.45) is 3.11. The average molecular weight is 411 g/mol. The van der Waals surface area contributed by atoms with Crippen LogP contribution in [0.15, 0.2) is 42.5 Å². The van der Waals surface area contributed by atoms with Crippen molar-refractivity contribution in [3.05, 3.63) is 48.0 Å². The molecule has 1 unspecified atom stereocenters. The van der Waals surface area contributed by atoms with Crippen LogP contribution in [0.4, 0.5) is 0 Å². The van der Waals surface area contributed by atoms with Gasteiger partial charge in [0, 0.05) is 6.54 Å². The first-order chi connectivity index (χ1) is 14.4. The van der Waals surface area contributed by atoms with E-state index < -0.39 is 18.7 Å². The number of benzene rings is 2. The maximum atomic E-state index is 13.1. The van der Waals surface area contributed by atoms with E-state index in [1.807, 2.05) is 42.5 Å². The van der Waals surface area contributed by atoms with Gasteiger partial charge in [-0.05, 0) is 48.0 Å². The second-order valence-electron chi connectivity index (χ2n) is 8.14. The van der Waals surface area contributed by atoms with Crippen LogP contribution < -0.4 is 16.4 Å². The van der Waals surface area contributed by atoms with Crippen molar-refractivity contribution >= 4 is 29.7 Å². The molecule has 2 aromatic rings. The summed E-state index contributed by atoms with van der Waals surface area (Å²) in [4.78, 5) is 26.0. The predicted octanol–water partition coefficient (Wildman–Crippen LogP) is 1.67. The number of nitrogens with two attached hydrogens (primary N) is 1. The van der Waals surface area contributed by atoms with Crippen molar-refractivity contribution in [1.29, 1.82) is 0 Å². The summed E-state index contributed by atoms with van der Waals surface area (Å²) in [5.74, 6) is -0.600. The zero-order valence-electron chi connectivity index (χ0n) is 17.1. The molecule has 2 amide bonds. The Bertz CT molecular complexity index is 884. The molecule has 1 saturated carbocycles. The third kappa shape index (κ3) is 5.39. The average Bonchev–Trinajstić information content (AvgIpc) is 3.23. The molecule has 1 aliphatic rings. The summed E-state index contributed by atoms with van der Waals surface area (Å²) < 4.78 is 0. The van der Waals surface area contributed by atoms with Crippen LogP contribution in [-0.4, -0.2) is 35.1 Å². The van der Waals surface area contributed by atoms with Crippen LogP contribution in [0.5, 0.6) is 0 Å². The highest BCUT2D eigenvalue weighted by Gasteiger charge is 2.48. The molecular weight excluding hydrogens is 381 g/mol. The highest BCUT2D eigenvalue weighted by atomic mass is 16.4. The molecule has 1 aliphatic carbocycles. The fraction of sp³-hybridized carbons (Fsp3) is 0.455. The third-order valence-electron chi connectivity index (χ3n) is 5.89. The Morgan fingerprint density at radius 2 is 1.77 bits per heavy atom. The molecule has 0 heterocycles. The van der Waals surface area contributed by atoms with Crippen molar-refractivity contribution in [3.8, 4) is 0 Å². The summed E-state index contributed by atoms with van der Waals surface area (Å²) in [6.45, 7) is 0.360. The number of rotatable bonds is 9. The van der Waals surface area contributed by atoms with Gasteiger partial charge in [0.1, 0.15) is 5.41 Å².